The van der Waals surface area contributed by atoms with E-state index in [2.05, 4.69) is 128 Å². The van der Waals surface area contributed by atoms with Crippen molar-refractivity contribution in [3.05, 3.63) is 187 Å². The van der Waals surface area contributed by atoms with Gasteiger partial charge in [-0.1, -0.05) is 141 Å². The Hall–Kier alpha value is -7.11. The lowest BCUT2D eigenvalue weighted by Crippen LogP contribution is -2.19. The standard InChI is InChI=1S/C52H38N4O/c1-52(2)43-25-15-14-24-39(43)40-27-26-38(32-44(40)52)56(37-22-10-5-11-23-37)45-29-28-41(48-47(45)42-30-35-20-12-13-21-36(35)31-46(42)57-48)51-54-49(33-16-6-3-7-17-33)53-50(55-51)34-18-8-4-9-19-34/h3-14,16-24,26-32H,15,25H2,1-2H3. The van der Waals surface area contributed by atoms with Gasteiger partial charge in [-0.2, -0.15) is 0 Å². The van der Waals surface area contributed by atoms with E-state index in [1.165, 1.54) is 22.3 Å². The van der Waals surface area contributed by atoms with E-state index >= 15 is 0 Å². The molecule has 11 rings (SSSR count). The Balaban J connectivity index is 1.19. The predicted octanol–water partition coefficient (Wildman–Crippen LogP) is 13.8. The molecule has 0 saturated carbocycles. The number of anilines is 3. The van der Waals surface area contributed by atoms with Crippen molar-refractivity contribution in [3.63, 3.8) is 0 Å². The van der Waals surface area contributed by atoms with E-state index in [9.17, 15) is 0 Å². The highest BCUT2D eigenvalue weighted by atomic mass is 16.3. The van der Waals surface area contributed by atoms with Crippen LogP contribution in [0.3, 0.4) is 0 Å². The molecule has 57 heavy (non-hydrogen) atoms. The average Bonchev–Trinajstić information content (AvgIpc) is 3.75. The summed E-state index contributed by atoms with van der Waals surface area (Å²) < 4.78 is 7.03. The molecule has 9 aromatic rings. The van der Waals surface area contributed by atoms with E-state index in [1.54, 1.807) is 0 Å². The first-order chi connectivity index (χ1) is 28.0. The summed E-state index contributed by atoms with van der Waals surface area (Å²) in [5.41, 5.74) is 12.9. The summed E-state index contributed by atoms with van der Waals surface area (Å²) in [5.74, 6) is 1.77. The summed E-state index contributed by atoms with van der Waals surface area (Å²) >= 11 is 0. The first kappa shape index (κ1) is 33.2. The third-order valence-electron chi connectivity index (χ3n) is 11.8. The smallest absolute Gasteiger partial charge is 0.167 e. The largest absolute Gasteiger partial charge is 0.455 e. The minimum Gasteiger partial charge on any atom is -0.455 e. The van der Waals surface area contributed by atoms with Crippen LogP contribution >= 0.6 is 0 Å². The molecule has 2 aliphatic rings. The van der Waals surface area contributed by atoms with Crippen molar-refractivity contribution in [3.8, 4) is 34.2 Å². The molecule has 0 N–H and O–H groups in total. The van der Waals surface area contributed by atoms with Gasteiger partial charge in [0.15, 0.2) is 17.5 Å². The second-order valence-electron chi connectivity index (χ2n) is 15.5. The molecule has 2 aliphatic carbocycles. The summed E-state index contributed by atoms with van der Waals surface area (Å²) in [6.45, 7) is 4.77. The Morgan fingerprint density at radius 2 is 1.19 bits per heavy atom. The fourth-order valence-electron chi connectivity index (χ4n) is 8.99. The molecule has 2 heterocycles. The highest BCUT2D eigenvalue weighted by molar-refractivity contribution is 6.19. The second-order valence-corrected chi connectivity index (χ2v) is 15.5. The van der Waals surface area contributed by atoms with Gasteiger partial charge in [-0.05, 0) is 88.8 Å². The number of para-hydroxylation sites is 1. The SMILES string of the molecule is CC1(C)C2=C(C=CCC2)c2ccc(N(c3ccccc3)c3ccc(-c4nc(-c5ccccc5)nc(-c5ccccc5)n4)c4oc5cc6ccccc6cc5c34)cc21. The summed E-state index contributed by atoms with van der Waals surface area (Å²) in [6, 6.07) is 55.1. The van der Waals surface area contributed by atoms with Gasteiger partial charge in [0, 0.05) is 33.3 Å². The topological polar surface area (TPSA) is 55.1 Å². The maximum absolute atomic E-state index is 7.03. The number of nitrogens with zero attached hydrogens (tertiary/aromatic N) is 4. The minimum absolute atomic E-state index is 0.0696. The normalized spacial score (nSPS) is 14.4. The van der Waals surface area contributed by atoms with Gasteiger partial charge >= 0.3 is 0 Å². The molecule has 5 heteroatoms. The zero-order valence-electron chi connectivity index (χ0n) is 31.8. The third-order valence-corrected chi connectivity index (χ3v) is 11.8. The summed E-state index contributed by atoms with van der Waals surface area (Å²) in [7, 11) is 0. The van der Waals surface area contributed by atoms with Crippen molar-refractivity contribution in [2.75, 3.05) is 4.90 Å². The lowest BCUT2D eigenvalue weighted by atomic mass is 9.78. The molecule has 0 spiro atoms. The molecule has 0 saturated heterocycles. The van der Waals surface area contributed by atoms with Crippen LogP contribution in [-0.2, 0) is 5.41 Å². The quantitative estimate of drug-likeness (QED) is 0.170. The molecule has 0 unspecified atom stereocenters. The van der Waals surface area contributed by atoms with Crippen molar-refractivity contribution in [1.82, 2.24) is 15.0 Å². The molecule has 0 radical (unpaired) electrons. The molecular weight excluding hydrogens is 697 g/mol. The van der Waals surface area contributed by atoms with Crippen LogP contribution in [0.2, 0.25) is 0 Å². The van der Waals surface area contributed by atoms with Gasteiger partial charge in [0.2, 0.25) is 0 Å². The molecule has 272 valence electrons. The fraction of sp³-hybridized carbons (Fsp3) is 0.0962. The van der Waals surface area contributed by atoms with E-state index in [4.69, 9.17) is 19.4 Å². The zero-order valence-corrected chi connectivity index (χ0v) is 31.8. The van der Waals surface area contributed by atoms with E-state index in [1.807, 2.05) is 60.7 Å². The number of fused-ring (bicyclic) bond motifs is 6. The lowest BCUT2D eigenvalue weighted by molar-refractivity contribution is 0.607. The summed E-state index contributed by atoms with van der Waals surface area (Å²) in [5, 5.41) is 4.31. The summed E-state index contributed by atoms with van der Waals surface area (Å²) in [4.78, 5) is 17.7. The maximum atomic E-state index is 7.03. The monoisotopic (exact) mass is 734 g/mol. The minimum atomic E-state index is -0.0696. The molecular formula is C52H38N4O. The van der Waals surface area contributed by atoms with Crippen molar-refractivity contribution in [2.45, 2.75) is 32.1 Å². The van der Waals surface area contributed by atoms with E-state index in [0.717, 1.165) is 79.3 Å². The van der Waals surface area contributed by atoms with Gasteiger partial charge in [0.25, 0.3) is 0 Å². The van der Waals surface area contributed by atoms with Gasteiger partial charge in [0.05, 0.1) is 16.6 Å². The Bertz CT molecular complexity index is 3030. The fourth-order valence-corrected chi connectivity index (χ4v) is 8.99. The van der Waals surface area contributed by atoms with E-state index in [-0.39, 0.29) is 5.41 Å². The van der Waals surface area contributed by atoms with E-state index in [0.29, 0.717) is 17.5 Å². The molecule has 7 aromatic carbocycles. The molecule has 0 aliphatic heterocycles. The molecule has 2 aromatic heterocycles. The molecule has 5 nitrogen and oxygen atoms in total. The number of furan rings is 1. The van der Waals surface area contributed by atoms with Crippen LogP contribution < -0.4 is 4.90 Å². The first-order valence-corrected chi connectivity index (χ1v) is 19.7. The van der Waals surface area contributed by atoms with E-state index < -0.39 is 0 Å². The number of rotatable bonds is 6. The van der Waals surface area contributed by atoms with Gasteiger partial charge in [-0.15, -0.1) is 0 Å². The van der Waals surface area contributed by atoms with Gasteiger partial charge in [-0.3, -0.25) is 0 Å². The van der Waals surface area contributed by atoms with Crippen LogP contribution in [0.5, 0.6) is 0 Å². The molecule has 0 atom stereocenters. The molecule has 0 bridgehead atoms. The summed E-state index contributed by atoms with van der Waals surface area (Å²) in [6.07, 6.45) is 6.83. The Morgan fingerprint density at radius 3 is 1.89 bits per heavy atom. The highest BCUT2D eigenvalue weighted by Crippen LogP contribution is 2.53. The van der Waals surface area contributed by atoms with Crippen LogP contribution in [0.15, 0.2) is 180 Å². The average molecular weight is 735 g/mol. The Morgan fingerprint density at radius 1 is 0.579 bits per heavy atom. The maximum Gasteiger partial charge on any atom is 0.167 e. The van der Waals surface area contributed by atoms with Gasteiger partial charge in [-0.25, -0.2) is 15.0 Å². The van der Waals surface area contributed by atoms with Crippen LogP contribution in [0.25, 0.3) is 72.4 Å². The molecule has 0 fully saturated rings. The number of allylic oxidation sites excluding steroid dienone is 4. The zero-order chi connectivity index (χ0) is 38.1. The van der Waals surface area contributed by atoms with Crippen LogP contribution in [0.1, 0.15) is 37.8 Å². The Labute approximate surface area is 331 Å². The van der Waals surface area contributed by atoms with Crippen molar-refractivity contribution in [1.29, 1.82) is 0 Å². The highest BCUT2D eigenvalue weighted by Gasteiger charge is 2.38. The van der Waals surface area contributed by atoms with Crippen LogP contribution in [0.4, 0.5) is 17.1 Å². The van der Waals surface area contributed by atoms with Crippen molar-refractivity contribution in [2.24, 2.45) is 0 Å². The van der Waals surface area contributed by atoms with Crippen molar-refractivity contribution >= 4 is 55.3 Å². The molecule has 0 amide bonds. The number of hydrogen-bond donors (Lipinski definition) is 0. The Kier molecular flexibility index (Phi) is 7.58. The van der Waals surface area contributed by atoms with Crippen molar-refractivity contribution < 1.29 is 4.42 Å². The first-order valence-electron chi connectivity index (χ1n) is 19.7. The van der Waals surface area contributed by atoms with Gasteiger partial charge < -0.3 is 9.32 Å². The van der Waals surface area contributed by atoms with Gasteiger partial charge in [0.1, 0.15) is 11.2 Å². The number of benzene rings is 7. The van der Waals surface area contributed by atoms with Crippen LogP contribution in [0, 0.1) is 0 Å². The lowest BCUT2D eigenvalue weighted by Gasteiger charge is -2.29. The second kappa shape index (κ2) is 13.0. The third kappa shape index (κ3) is 5.42. The number of aromatic nitrogens is 3. The van der Waals surface area contributed by atoms with Crippen LogP contribution in [-0.4, -0.2) is 15.0 Å². The number of hydrogen-bond acceptors (Lipinski definition) is 5. The predicted molar refractivity (Wildman–Crippen MR) is 234 cm³/mol.